The van der Waals surface area contributed by atoms with Gasteiger partial charge in [-0.1, -0.05) is 11.6 Å². The molecule has 9 heteroatoms. The quantitative estimate of drug-likeness (QED) is 0.591. The maximum atomic E-state index is 12.5. The van der Waals surface area contributed by atoms with Crippen molar-refractivity contribution in [3.8, 4) is 11.5 Å². The lowest BCUT2D eigenvalue weighted by Crippen LogP contribution is -2.53. The summed E-state index contributed by atoms with van der Waals surface area (Å²) in [5.74, 6) is 2.37. The largest absolute Gasteiger partial charge is 0.486 e. The molecule has 1 fully saturated rings. The van der Waals surface area contributed by atoms with Gasteiger partial charge < -0.3 is 29.0 Å². The molecule has 8 nitrogen and oxygen atoms in total. The fourth-order valence-electron chi connectivity index (χ4n) is 3.52. The number of rotatable bonds is 4. The lowest BCUT2D eigenvalue weighted by molar-refractivity contribution is 0.0657. The zero-order chi connectivity index (χ0) is 20.9. The smallest absolute Gasteiger partial charge is 0.289 e. The van der Waals surface area contributed by atoms with Crippen molar-refractivity contribution in [2.24, 2.45) is 4.99 Å². The summed E-state index contributed by atoms with van der Waals surface area (Å²) < 4.78 is 16.5. The Kier molecular flexibility index (Phi) is 6.32. The number of aliphatic imine (C=N–C) groups is 1. The molecule has 0 bridgehead atoms. The van der Waals surface area contributed by atoms with Gasteiger partial charge in [0.05, 0.1) is 17.8 Å². The van der Waals surface area contributed by atoms with Crippen LogP contribution >= 0.6 is 11.6 Å². The second kappa shape index (κ2) is 9.30. The third kappa shape index (κ3) is 4.48. The molecule has 0 saturated carbocycles. The Balaban J connectivity index is 1.41. The van der Waals surface area contributed by atoms with E-state index in [-0.39, 0.29) is 5.91 Å². The monoisotopic (exact) mass is 432 g/mol. The van der Waals surface area contributed by atoms with E-state index in [0.717, 1.165) is 18.1 Å². The normalized spacial score (nSPS) is 16.5. The molecule has 1 saturated heterocycles. The van der Waals surface area contributed by atoms with E-state index in [9.17, 15) is 4.79 Å². The van der Waals surface area contributed by atoms with Crippen LogP contribution < -0.4 is 14.8 Å². The van der Waals surface area contributed by atoms with Gasteiger partial charge in [-0.25, -0.2) is 4.99 Å². The first-order valence-electron chi connectivity index (χ1n) is 10.1. The average molecular weight is 433 g/mol. The molecule has 0 atom stereocenters. The molecule has 1 N–H and O–H groups in total. The van der Waals surface area contributed by atoms with Gasteiger partial charge in [0.1, 0.15) is 13.2 Å². The molecule has 3 heterocycles. The number of amides is 1. The fourth-order valence-corrected chi connectivity index (χ4v) is 3.81. The topological polar surface area (TPSA) is 79.5 Å². The highest BCUT2D eigenvalue weighted by Crippen LogP contribution is 2.38. The maximum Gasteiger partial charge on any atom is 0.289 e. The number of halogens is 1. The molecule has 30 heavy (non-hydrogen) atoms. The van der Waals surface area contributed by atoms with Crippen LogP contribution in [0.2, 0.25) is 5.02 Å². The van der Waals surface area contributed by atoms with E-state index in [0.29, 0.717) is 68.2 Å². The van der Waals surface area contributed by atoms with Crippen molar-refractivity contribution < 1.29 is 18.7 Å². The zero-order valence-corrected chi connectivity index (χ0v) is 17.7. The number of hydrogen-bond acceptors (Lipinski definition) is 5. The molecule has 0 aliphatic carbocycles. The Morgan fingerprint density at radius 2 is 1.93 bits per heavy atom. The summed E-state index contributed by atoms with van der Waals surface area (Å²) in [6.45, 7) is 6.88. The molecule has 1 aromatic carbocycles. The molecule has 2 aliphatic rings. The lowest BCUT2D eigenvalue weighted by Gasteiger charge is -2.36. The van der Waals surface area contributed by atoms with E-state index >= 15 is 0 Å². The summed E-state index contributed by atoms with van der Waals surface area (Å²) in [6, 6.07) is 7.21. The predicted octanol–water partition coefficient (Wildman–Crippen LogP) is 2.63. The third-order valence-corrected chi connectivity index (χ3v) is 5.28. The van der Waals surface area contributed by atoms with Gasteiger partial charge in [-0.2, -0.15) is 0 Å². The number of benzene rings is 1. The van der Waals surface area contributed by atoms with Gasteiger partial charge >= 0.3 is 0 Å². The van der Waals surface area contributed by atoms with E-state index in [2.05, 4.69) is 10.2 Å². The van der Waals surface area contributed by atoms with Crippen molar-refractivity contribution in [3.05, 3.63) is 46.9 Å². The van der Waals surface area contributed by atoms with Crippen molar-refractivity contribution in [1.29, 1.82) is 0 Å². The van der Waals surface area contributed by atoms with Gasteiger partial charge in [0.2, 0.25) is 0 Å². The SMILES string of the molecule is CCNC(=NCc1cc(Cl)c2c(c1)OCCO2)N1CCN(C(=O)c2ccco2)CC1. The number of furan rings is 1. The molecule has 2 aromatic rings. The van der Waals surface area contributed by atoms with Crippen molar-refractivity contribution in [2.45, 2.75) is 13.5 Å². The van der Waals surface area contributed by atoms with E-state index in [1.54, 1.807) is 17.0 Å². The van der Waals surface area contributed by atoms with E-state index in [1.807, 2.05) is 19.1 Å². The van der Waals surface area contributed by atoms with E-state index in [1.165, 1.54) is 6.26 Å². The number of carbonyl (C=O) groups excluding carboxylic acids is 1. The van der Waals surface area contributed by atoms with Crippen LogP contribution in [0, 0.1) is 0 Å². The van der Waals surface area contributed by atoms with Gasteiger partial charge in [0, 0.05) is 32.7 Å². The van der Waals surface area contributed by atoms with Gasteiger partial charge in [0.15, 0.2) is 23.2 Å². The standard InChI is InChI=1S/C21H25ClN4O4/c1-2-23-21(24-14-15-12-16(22)19-18(13-15)29-10-11-30-19)26-7-5-25(6-8-26)20(27)17-4-3-9-28-17/h3-4,9,12-13H,2,5-8,10-11,14H2,1H3,(H,23,24). The van der Waals surface area contributed by atoms with Crippen LogP contribution in [-0.2, 0) is 6.54 Å². The number of fused-ring (bicyclic) bond motifs is 1. The summed E-state index contributed by atoms with van der Waals surface area (Å²) in [7, 11) is 0. The molecule has 4 rings (SSSR count). The summed E-state index contributed by atoms with van der Waals surface area (Å²) in [4.78, 5) is 21.2. The first kappa shape index (κ1) is 20.4. The minimum Gasteiger partial charge on any atom is -0.486 e. The summed E-state index contributed by atoms with van der Waals surface area (Å²) in [5, 5.41) is 3.87. The van der Waals surface area contributed by atoms with Crippen molar-refractivity contribution >= 4 is 23.5 Å². The highest BCUT2D eigenvalue weighted by atomic mass is 35.5. The zero-order valence-electron chi connectivity index (χ0n) is 16.9. The number of ether oxygens (including phenoxy) is 2. The van der Waals surface area contributed by atoms with Crippen LogP contribution in [0.25, 0.3) is 0 Å². The summed E-state index contributed by atoms with van der Waals surface area (Å²) in [6.07, 6.45) is 1.52. The second-order valence-corrected chi connectivity index (χ2v) is 7.44. The van der Waals surface area contributed by atoms with Crippen LogP contribution in [0.4, 0.5) is 0 Å². The van der Waals surface area contributed by atoms with Crippen LogP contribution in [-0.4, -0.2) is 67.6 Å². The molecule has 0 unspecified atom stereocenters. The number of hydrogen-bond donors (Lipinski definition) is 1. The van der Waals surface area contributed by atoms with Crippen LogP contribution in [0.1, 0.15) is 23.0 Å². The number of carbonyl (C=O) groups is 1. The van der Waals surface area contributed by atoms with Crippen molar-refractivity contribution in [3.63, 3.8) is 0 Å². The fraction of sp³-hybridized carbons (Fsp3) is 0.429. The van der Waals surface area contributed by atoms with Crippen LogP contribution in [0.15, 0.2) is 39.9 Å². The Labute approximate surface area is 180 Å². The van der Waals surface area contributed by atoms with Gasteiger partial charge in [-0.3, -0.25) is 4.79 Å². The third-order valence-electron chi connectivity index (χ3n) is 5.00. The van der Waals surface area contributed by atoms with Crippen LogP contribution in [0.5, 0.6) is 11.5 Å². The summed E-state index contributed by atoms with van der Waals surface area (Å²) >= 11 is 6.34. The number of piperazine rings is 1. The highest BCUT2D eigenvalue weighted by molar-refractivity contribution is 6.32. The van der Waals surface area contributed by atoms with Crippen molar-refractivity contribution in [2.75, 3.05) is 45.9 Å². The molecule has 1 amide bonds. The molecule has 0 spiro atoms. The van der Waals surface area contributed by atoms with Gasteiger partial charge in [0.25, 0.3) is 5.91 Å². The highest BCUT2D eigenvalue weighted by Gasteiger charge is 2.25. The number of nitrogens with one attached hydrogen (secondary N) is 1. The molecule has 160 valence electrons. The first-order valence-corrected chi connectivity index (χ1v) is 10.5. The Hall–Kier alpha value is -2.87. The number of guanidine groups is 1. The minimum absolute atomic E-state index is 0.0764. The predicted molar refractivity (Wildman–Crippen MR) is 113 cm³/mol. The lowest BCUT2D eigenvalue weighted by atomic mass is 10.2. The summed E-state index contributed by atoms with van der Waals surface area (Å²) in [5.41, 5.74) is 0.950. The Bertz CT molecular complexity index is 908. The maximum absolute atomic E-state index is 12.5. The molecule has 2 aliphatic heterocycles. The minimum atomic E-state index is -0.0764. The van der Waals surface area contributed by atoms with Gasteiger partial charge in [-0.05, 0) is 36.8 Å². The van der Waals surface area contributed by atoms with E-state index < -0.39 is 0 Å². The molecular weight excluding hydrogens is 408 g/mol. The average Bonchev–Trinajstić information content (AvgIpc) is 3.31. The molecule has 1 aromatic heterocycles. The van der Waals surface area contributed by atoms with E-state index in [4.69, 9.17) is 30.5 Å². The molecule has 0 radical (unpaired) electrons. The first-order chi connectivity index (χ1) is 14.7. The number of nitrogens with zero attached hydrogens (tertiary/aromatic N) is 3. The second-order valence-electron chi connectivity index (χ2n) is 7.03. The van der Waals surface area contributed by atoms with Crippen molar-refractivity contribution in [1.82, 2.24) is 15.1 Å². The Morgan fingerprint density at radius 3 is 2.67 bits per heavy atom. The van der Waals surface area contributed by atoms with Gasteiger partial charge in [-0.15, -0.1) is 0 Å². The Morgan fingerprint density at radius 1 is 1.17 bits per heavy atom. The molecular formula is C21H25ClN4O4. The van der Waals surface area contributed by atoms with Crippen LogP contribution in [0.3, 0.4) is 0 Å².